The van der Waals surface area contributed by atoms with Gasteiger partial charge in [-0.3, -0.25) is 9.59 Å². The van der Waals surface area contributed by atoms with Crippen LogP contribution in [0.15, 0.2) is 42.5 Å². The number of carbonyl (C=O) groups is 2. The van der Waals surface area contributed by atoms with Gasteiger partial charge in [0.1, 0.15) is 5.75 Å². The van der Waals surface area contributed by atoms with Gasteiger partial charge in [0.05, 0.1) is 19.3 Å². The number of methoxy groups -OCH3 is 1. The molecule has 0 aliphatic rings. The maximum atomic E-state index is 12.4. The molecule has 1 atom stereocenters. The lowest BCUT2D eigenvalue weighted by Crippen LogP contribution is -3.13. The molecule has 6 nitrogen and oxygen atoms in total. The highest BCUT2D eigenvalue weighted by Crippen LogP contribution is 2.22. The molecule has 0 radical (unpaired) electrons. The third kappa shape index (κ3) is 6.27. The van der Waals surface area contributed by atoms with E-state index >= 15 is 0 Å². The van der Waals surface area contributed by atoms with Crippen molar-refractivity contribution in [1.29, 1.82) is 0 Å². The van der Waals surface area contributed by atoms with Gasteiger partial charge in [0, 0.05) is 10.7 Å². The van der Waals surface area contributed by atoms with E-state index in [-0.39, 0.29) is 24.9 Å². The number of quaternary nitrogens is 1. The topological polar surface area (TPSA) is 71.9 Å². The molecule has 0 aromatic heterocycles. The first-order valence-electron chi connectivity index (χ1n) is 8.75. The van der Waals surface area contributed by atoms with Crippen LogP contribution in [0.2, 0.25) is 5.02 Å². The number of likely N-dealkylation sites (N-methyl/N-ethyl adjacent to an activating group) is 1. The molecule has 7 heteroatoms. The summed E-state index contributed by atoms with van der Waals surface area (Å²) in [6.07, 6.45) is 0. The van der Waals surface area contributed by atoms with E-state index in [0.29, 0.717) is 28.7 Å². The quantitative estimate of drug-likeness (QED) is 0.646. The number of aryl methyl sites for hydroxylation is 1. The molecule has 0 bridgehead atoms. The molecule has 2 amide bonds. The molecular formula is C20H25ClN3O3+. The summed E-state index contributed by atoms with van der Waals surface area (Å²) in [5.41, 5.74) is 2.22. The fourth-order valence-electron chi connectivity index (χ4n) is 2.63. The van der Waals surface area contributed by atoms with Crippen LogP contribution in [0.3, 0.4) is 0 Å². The van der Waals surface area contributed by atoms with Crippen molar-refractivity contribution in [3.63, 3.8) is 0 Å². The molecule has 0 fully saturated rings. The van der Waals surface area contributed by atoms with E-state index in [9.17, 15) is 9.59 Å². The number of hydrogen-bond donors (Lipinski definition) is 3. The fraction of sp³-hybridized carbons (Fsp3) is 0.300. The summed E-state index contributed by atoms with van der Waals surface area (Å²) < 4.78 is 5.23. The van der Waals surface area contributed by atoms with E-state index in [1.807, 2.05) is 32.0 Å². The van der Waals surface area contributed by atoms with E-state index in [2.05, 4.69) is 10.6 Å². The number of rotatable bonds is 8. The summed E-state index contributed by atoms with van der Waals surface area (Å²) in [4.78, 5) is 25.6. The Kier molecular flexibility index (Phi) is 7.64. The van der Waals surface area contributed by atoms with E-state index < -0.39 is 0 Å². The number of carbonyl (C=O) groups excluding carboxylic acids is 2. The number of halogens is 1. The average molecular weight is 391 g/mol. The first kappa shape index (κ1) is 20.7. The van der Waals surface area contributed by atoms with Gasteiger partial charge in [-0.05, 0) is 43.7 Å². The van der Waals surface area contributed by atoms with Crippen molar-refractivity contribution in [3.05, 3.63) is 53.1 Å². The normalized spacial score (nSPS) is 11.6. The number of ether oxygens (including phenoxy) is 1. The predicted octanol–water partition coefficient (Wildman–Crippen LogP) is 2.14. The molecule has 0 aliphatic heterocycles. The van der Waals surface area contributed by atoms with Crippen LogP contribution < -0.4 is 20.3 Å². The Balaban J connectivity index is 1.93. The lowest BCUT2D eigenvalue weighted by Gasteiger charge is -2.18. The van der Waals surface area contributed by atoms with E-state index in [4.69, 9.17) is 16.3 Å². The Morgan fingerprint density at radius 1 is 1.04 bits per heavy atom. The Hall–Kier alpha value is -2.57. The Morgan fingerprint density at radius 3 is 2.30 bits per heavy atom. The molecule has 3 N–H and O–H groups in total. The lowest BCUT2D eigenvalue weighted by molar-refractivity contribution is -0.881. The molecule has 0 aliphatic carbocycles. The summed E-state index contributed by atoms with van der Waals surface area (Å²) in [6, 6.07) is 12.6. The van der Waals surface area contributed by atoms with Crippen molar-refractivity contribution in [2.45, 2.75) is 13.8 Å². The summed E-state index contributed by atoms with van der Waals surface area (Å²) in [5.74, 6) is 0.253. The molecule has 0 saturated carbocycles. The maximum Gasteiger partial charge on any atom is 0.279 e. The van der Waals surface area contributed by atoms with Crippen LogP contribution in [-0.4, -0.2) is 38.6 Å². The first-order chi connectivity index (χ1) is 12.9. The molecule has 2 aromatic rings. The van der Waals surface area contributed by atoms with Gasteiger partial charge < -0.3 is 20.3 Å². The Bertz CT molecular complexity index is 811. The molecule has 2 rings (SSSR count). The molecule has 0 spiro atoms. The van der Waals surface area contributed by atoms with Crippen molar-refractivity contribution < 1.29 is 19.2 Å². The SMILES string of the molecule is CC[NH+](CC(=O)Nc1cc(Cl)ccc1C)CC(=O)Nc1ccccc1OC. The van der Waals surface area contributed by atoms with Crippen LogP contribution in [0, 0.1) is 6.92 Å². The number of nitrogens with one attached hydrogen (secondary N) is 3. The predicted molar refractivity (Wildman–Crippen MR) is 108 cm³/mol. The first-order valence-corrected chi connectivity index (χ1v) is 9.13. The average Bonchev–Trinajstić information content (AvgIpc) is 2.64. The van der Waals surface area contributed by atoms with E-state index in [1.54, 1.807) is 31.4 Å². The lowest BCUT2D eigenvalue weighted by atomic mass is 10.2. The van der Waals surface area contributed by atoms with E-state index in [0.717, 1.165) is 10.5 Å². The van der Waals surface area contributed by atoms with E-state index in [1.165, 1.54) is 0 Å². The highest BCUT2D eigenvalue weighted by molar-refractivity contribution is 6.31. The standard InChI is InChI=1S/C20H24ClN3O3/c1-4-24(12-19(25)22-16-7-5-6-8-18(16)27-3)13-20(26)23-17-11-15(21)10-9-14(17)2/h5-11H,4,12-13H2,1-3H3,(H,22,25)(H,23,26)/p+1. The number of anilines is 2. The Labute approximate surface area is 164 Å². The minimum Gasteiger partial charge on any atom is -0.495 e. The van der Waals surface area contributed by atoms with Gasteiger partial charge in [0.2, 0.25) is 0 Å². The van der Waals surface area contributed by atoms with Crippen LogP contribution in [0.1, 0.15) is 12.5 Å². The highest BCUT2D eigenvalue weighted by atomic mass is 35.5. The number of hydrogen-bond acceptors (Lipinski definition) is 3. The van der Waals surface area contributed by atoms with Gasteiger partial charge in [-0.1, -0.05) is 29.8 Å². The van der Waals surface area contributed by atoms with Crippen LogP contribution in [0.4, 0.5) is 11.4 Å². The van der Waals surface area contributed by atoms with Gasteiger partial charge in [-0.15, -0.1) is 0 Å². The van der Waals surface area contributed by atoms with Crippen molar-refractivity contribution in [1.82, 2.24) is 0 Å². The third-order valence-corrected chi connectivity index (χ3v) is 4.41. The smallest absolute Gasteiger partial charge is 0.279 e. The number of para-hydroxylation sites is 2. The number of benzene rings is 2. The second-order valence-electron chi connectivity index (χ2n) is 6.21. The summed E-state index contributed by atoms with van der Waals surface area (Å²) in [6.45, 7) is 4.83. The molecule has 144 valence electrons. The molecule has 2 aromatic carbocycles. The summed E-state index contributed by atoms with van der Waals surface area (Å²) in [5, 5.41) is 6.25. The summed E-state index contributed by atoms with van der Waals surface area (Å²) in [7, 11) is 1.55. The second-order valence-corrected chi connectivity index (χ2v) is 6.65. The summed E-state index contributed by atoms with van der Waals surface area (Å²) >= 11 is 5.98. The largest absolute Gasteiger partial charge is 0.495 e. The second kappa shape index (κ2) is 9.94. The van der Waals surface area contributed by atoms with Crippen molar-refractivity contribution in [2.75, 3.05) is 37.4 Å². The van der Waals surface area contributed by atoms with Crippen molar-refractivity contribution >= 4 is 34.8 Å². The van der Waals surface area contributed by atoms with Gasteiger partial charge in [0.25, 0.3) is 11.8 Å². The zero-order valence-corrected chi connectivity index (χ0v) is 16.5. The molecule has 1 unspecified atom stereocenters. The minimum atomic E-state index is -0.178. The zero-order valence-electron chi connectivity index (χ0n) is 15.8. The van der Waals surface area contributed by atoms with Gasteiger partial charge in [-0.2, -0.15) is 0 Å². The molecule has 0 heterocycles. The van der Waals surface area contributed by atoms with Gasteiger partial charge in [-0.25, -0.2) is 0 Å². The van der Waals surface area contributed by atoms with Crippen LogP contribution >= 0.6 is 11.6 Å². The number of amides is 2. The zero-order chi connectivity index (χ0) is 19.8. The van der Waals surface area contributed by atoms with Gasteiger partial charge in [0.15, 0.2) is 13.1 Å². The monoisotopic (exact) mass is 390 g/mol. The molecule has 0 saturated heterocycles. The van der Waals surface area contributed by atoms with Gasteiger partial charge >= 0.3 is 0 Å². The minimum absolute atomic E-state index is 0.165. The van der Waals surface area contributed by atoms with Crippen LogP contribution in [-0.2, 0) is 9.59 Å². The molecular weight excluding hydrogens is 366 g/mol. The molecule has 27 heavy (non-hydrogen) atoms. The maximum absolute atomic E-state index is 12.4. The fourth-order valence-corrected chi connectivity index (χ4v) is 2.80. The van der Waals surface area contributed by atoms with Crippen LogP contribution in [0.25, 0.3) is 0 Å². The van der Waals surface area contributed by atoms with Crippen molar-refractivity contribution in [2.24, 2.45) is 0 Å². The third-order valence-electron chi connectivity index (χ3n) is 4.18. The highest BCUT2D eigenvalue weighted by Gasteiger charge is 2.18. The van der Waals surface area contributed by atoms with Crippen molar-refractivity contribution in [3.8, 4) is 5.75 Å². The van der Waals surface area contributed by atoms with Crippen LogP contribution in [0.5, 0.6) is 5.75 Å². The Morgan fingerprint density at radius 2 is 1.67 bits per heavy atom.